The number of imidazole rings is 1. The Balaban J connectivity index is 1.40. The molecule has 0 saturated carbocycles. The molecule has 1 aliphatic heterocycles. The first kappa shape index (κ1) is 17.9. The number of aromatic nitrogens is 6. The summed E-state index contributed by atoms with van der Waals surface area (Å²) in [6, 6.07) is 9.85. The van der Waals surface area contributed by atoms with Crippen LogP contribution in [0.5, 0.6) is 5.75 Å². The smallest absolute Gasteiger partial charge is 0.141 e. The van der Waals surface area contributed by atoms with Gasteiger partial charge in [0.25, 0.3) is 0 Å². The molecule has 0 saturated heterocycles. The van der Waals surface area contributed by atoms with Crippen molar-refractivity contribution in [3.05, 3.63) is 65.3 Å². The fourth-order valence-corrected chi connectivity index (χ4v) is 4.01. The number of benzene rings is 1. The molecule has 3 aromatic heterocycles. The summed E-state index contributed by atoms with van der Waals surface area (Å²) in [5.74, 6) is 1.14. The van der Waals surface area contributed by atoms with Crippen LogP contribution in [0.1, 0.15) is 23.6 Å². The minimum atomic E-state index is 0.330. The molecule has 1 N–H and O–H groups in total. The Hall–Kier alpha value is -3.19. The molecule has 29 heavy (non-hydrogen) atoms. The van der Waals surface area contributed by atoms with Crippen molar-refractivity contribution in [2.24, 2.45) is 0 Å². The summed E-state index contributed by atoms with van der Waals surface area (Å²) in [6.07, 6.45) is 6.60. The van der Waals surface area contributed by atoms with Crippen molar-refractivity contribution < 1.29 is 4.74 Å². The lowest BCUT2D eigenvalue weighted by Gasteiger charge is -2.26. The van der Waals surface area contributed by atoms with Crippen LogP contribution in [0.2, 0.25) is 5.02 Å². The standard InChI is InChI=1S/C21H19ClN6O/c1-13-20(26-27-25-13)14-5-7-23-18(9-14)19-11-28(12-24-19)10-15-6-8-29-21-16(15)3-2-4-17(21)22/h2-5,7,9,11-12,15H,6,8,10H2,1H3,(H,25,26,27)/t15-/m0/s1. The molecule has 0 unspecified atom stereocenters. The number of ether oxygens (including phenoxy) is 1. The Kier molecular flexibility index (Phi) is 4.52. The predicted molar refractivity (Wildman–Crippen MR) is 110 cm³/mol. The Labute approximate surface area is 172 Å². The summed E-state index contributed by atoms with van der Waals surface area (Å²) in [6.45, 7) is 3.40. The molecule has 5 rings (SSSR count). The van der Waals surface area contributed by atoms with Crippen molar-refractivity contribution in [1.29, 1.82) is 0 Å². The van der Waals surface area contributed by atoms with Gasteiger partial charge in [-0.3, -0.25) is 4.98 Å². The molecule has 1 atom stereocenters. The molecule has 0 fully saturated rings. The zero-order chi connectivity index (χ0) is 19.8. The lowest BCUT2D eigenvalue weighted by Crippen LogP contribution is -2.18. The van der Waals surface area contributed by atoms with E-state index in [4.69, 9.17) is 16.3 Å². The lowest BCUT2D eigenvalue weighted by atomic mass is 9.93. The third-order valence-electron chi connectivity index (χ3n) is 5.23. The maximum absolute atomic E-state index is 6.30. The number of rotatable bonds is 4. The molecule has 4 heterocycles. The van der Waals surface area contributed by atoms with Crippen molar-refractivity contribution >= 4 is 11.6 Å². The van der Waals surface area contributed by atoms with Crippen molar-refractivity contribution in [3.63, 3.8) is 0 Å². The van der Waals surface area contributed by atoms with Crippen LogP contribution in [0.25, 0.3) is 22.6 Å². The topological polar surface area (TPSA) is 81.5 Å². The van der Waals surface area contributed by atoms with Gasteiger partial charge in [0.05, 0.1) is 29.3 Å². The second-order valence-electron chi connectivity index (χ2n) is 7.14. The number of aromatic amines is 1. The summed E-state index contributed by atoms with van der Waals surface area (Å²) in [5.41, 5.74) is 5.42. The van der Waals surface area contributed by atoms with E-state index in [1.807, 2.05) is 43.7 Å². The first-order valence-corrected chi connectivity index (χ1v) is 9.84. The highest BCUT2D eigenvalue weighted by Crippen LogP contribution is 2.39. The summed E-state index contributed by atoms with van der Waals surface area (Å²) in [7, 11) is 0. The molecule has 0 bridgehead atoms. The van der Waals surface area contributed by atoms with Crippen LogP contribution in [0, 0.1) is 6.92 Å². The van der Waals surface area contributed by atoms with Gasteiger partial charge in [-0.1, -0.05) is 23.7 Å². The molecule has 4 aromatic rings. The number of hydrogen-bond acceptors (Lipinski definition) is 5. The maximum Gasteiger partial charge on any atom is 0.141 e. The average molecular weight is 407 g/mol. The Morgan fingerprint density at radius 1 is 1.21 bits per heavy atom. The normalized spacial score (nSPS) is 15.7. The monoisotopic (exact) mass is 406 g/mol. The van der Waals surface area contributed by atoms with Crippen molar-refractivity contribution in [2.45, 2.75) is 25.8 Å². The highest BCUT2D eigenvalue weighted by molar-refractivity contribution is 6.32. The Bertz CT molecular complexity index is 1170. The zero-order valence-electron chi connectivity index (χ0n) is 15.8. The molecule has 8 heteroatoms. The van der Waals surface area contributed by atoms with Gasteiger partial charge >= 0.3 is 0 Å². The number of para-hydroxylation sites is 1. The van der Waals surface area contributed by atoms with E-state index in [1.165, 1.54) is 0 Å². The minimum absolute atomic E-state index is 0.330. The van der Waals surface area contributed by atoms with Crippen molar-refractivity contribution in [1.82, 2.24) is 29.9 Å². The number of pyridine rings is 1. The fourth-order valence-electron chi connectivity index (χ4n) is 3.77. The molecule has 7 nitrogen and oxygen atoms in total. The number of aryl methyl sites for hydroxylation is 1. The summed E-state index contributed by atoms with van der Waals surface area (Å²) >= 11 is 6.30. The summed E-state index contributed by atoms with van der Waals surface area (Å²) < 4.78 is 7.88. The third kappa shape index (κ3) is 3.38. The van der Waals surface area contributed by atoms with E-state index >= 15 is 0 Å². The van der Waals surface area contributed by atoms with E-state index in [0.29, 0.717) is 17.5 Å². The largest absolute Gasteiger partial charge is 0.492 e. The van der Waals surface area contributed by atoms with Crippen molar-refractivity contribution in [3.8, 4) is 28.4 Å². The molecule has 0 radical (unpaired) electrons. The zero-order valence-corrected chi connectivity index (χ0v) is 16.6. The van der Waals surface area contributed by atoms with Crippen molar-refractivity contribution in [2.75, 3.05) is 6.61 Å². The van der Waals surface area contributed by atoms with E-state index in [9.17, 15) is 0 Å². The molecule has 0 amide bonds. The predicted octanol–water partition coefficient (Wildman–Crippen LogP) is 4.26. The minimum Gasteiger partial charge on any atom is -0.492 e. The molecule has 1 aliphatic rings. The van der Waals surface area contributed by atoms with Crippen LogP contribution < -0.4 is 4.74 Å². The molecule has 146 valence electrons. The van der Waals surface area contributed by atoms with Gasteiger partial charge in [0.2, 0.25) is 0 Å². The fraction of sp³-hybridized carbons (Fsp3) is 0.238. The molecular weight excluding hydrogens is 388 g/mol. The number of nitrogens with one attached hydrogen (secondary N) is 1. The van der Waals surface area contributed by atoms with E-state index < -0.39 is 0 Å². The number of H-pyrrole nitrogens is 1. The van der Waals surface area contributed by atoms with E-state index in [1.54, 1.807) is 6.20 Å². The number of nitrogens with zero attached hydrogens (tertiary/aromatic N) is 5. The number of hydrogen-bond donors (Lipinski definition) is 1. The van der Waals surface area contributed by atoms with Crippen LogP contribution in [0.3, 0.4) is 0 Å². The lowest BCUT2D eigenvalue weighted by molar-refractivity contribution is 0.259. The van der Waals surface area contributed by atoms with E-state index in [-0.39, 0.29) is 0 Å². The van der Waals surface area contributed by atoms with Gasteiger partial charge < -0.3 is 9.30 Å². The van der Waals surface area contributed by atoms with Gasteiger partial charge in [-0.05, 0) is 31.5 Å². The molecular formula is C21H19ClN6O. The van der Waals surface area contributed by atoms with Gasteiger partial charge in [-0.15, -0.1) is 0 Å². The summed E-state index contributed by atoms with van der Waals surface area (Å²) in [4.78, 5) is 9.05. The SMILES string of the molecule is Cc1n[nH]nc1-c1ccnc(-c2cn(C[C@@H]3CCOc4c(Cl)cccc43)cn2)c1. The molecule has 0 aliphatic carbocycles. The Morgan fingerprint density at radius 2 is 2.14 bits per heavy atom. The summed E-state index contributed by atoms with van der Waals surface area (Å²) in [5, 5.41) is 11.6. The van der Waals surface area contributed by atoms with Crippen LogP contribution in [0.4, 0.5) is 0 Å². The van der Waals surface area contributed by atoms with Crippen LogP contribution in [0.15, 0.2) is 49.1 Å². The molecule has 1 aromatic carbocycles. The number of halogens is 1. The van der Waals surface area contributed by atoms with Gasteiger partial charge in [0.15, 0.2) is 0 Å². The average Bonchev–Trinajstić information content (AvgIpc) is 3.38. The van der Waals surface area contributed by atoms with E-state index in [2.05, 4.69) is 36.0 Å². The second-order valence-corrected chi connectivity index (χ2v) is 7.54. The van der Waals surface area contributed by atoms with Gasteiger partial charge in [-0.25, -0.2) is 4.98 Å². The third-order valence-corrected chi connectivity index (χ3v) is 5.53. The number of fused-ring (bicyclic) bond motifs is 1. The molecule has 0 spiro atoms. The first-order chi connectivity index (χ1) is 14.2. The van der Waals surface area contributed by atoms with Crippen LogP contribution in [-0.4, -0.2) is 36.6 Å². The highest BCUT2D eigenvalue weighted by Gasteiger charge is 2.23. The van der Waals surface area contributed by atoms with Gasteiger partial charge in [0.1, 0.15) is 17.1 Å². The quantitative estimate of drug-likeness (QED) is 0.547. The van der Waals surface area contributed by atoms with Gasteiger partial charge in [0, 0.05) is 36.0 Å². The Morgan fingerprint density at radius 3 is 3.00 bits per heavy atom. The highest BCUT2D eigenvalue weighted by atomic mass is 35.5. The van der Waals surface area contributed by atoms with Crippen LogP contribution in [-0.2, 0) is 6.54 Å². The maximum atomic E-state index is 6.30. The first-order valence-electron chi connectivity index (χ1n) is 9.46. The van der Waals surface area contributed by atoms with Crippen LogP contribution >= 0.6 is 11.6 Å². The van der Waals surface area contributed by atoms with E-state index in [0.717, 1.165) is 52.6 Å². The van der Waals surface area contributed by atoms with Gasteiger partial charge in [-0.2, -0.15) is 15.4 Å². The second kappa shape index (κ2) is 7.33.